The van der Waals surface area contributed by atoms with Gasteiger partial charge in [0.1, 0.15) is 0 Å². The molecule has 0 atom stereocenters. The number of aromatic nitrogens is 2. The normalized spacial score (nSPS) is 10.7. The third-order valence-electron chi connectivity index (χ3n) is 1.86. The molecule has 2 N–H and O–H groups in total. The Morgan fingerprint density at radius 2 is 2.43 bits per heavy atom. The van der Waals surface area contributed by atoms with Crippen molar-refractivity contribution in [3.63, 3.8) is 0 Å². The van der Waals surface area contributed by atoms with Crippen molar-refractivity contribution in [3.05, 3.63) is 23.3 Å². The van der Waals surface area contributed by atoms with Gasteiger partial charge in [-0.05, 0) is 6.92 Å². The van der Waals surface area contributed by atoms with Gasteiger partial charge in [0.25, 0.3) is 0 Å². The first-order valence-electron chi connectivity index (χ1n) is 4.36. The molecular formula is C9H11N3OS. The summed E-state index contributed by atoms with van der Waals surface area (Å²) in [4.78, 5) is 9.30. The van der Waals surface area contributed by atoms with Crippen molar-refractivity contribution in [2.45, 2.75) is 13.3 Å². The Kier molecular flexibility index (Phi) is 2.60. The van der Waals surface area contributed by atoms with Crippen molar-refractivity contribution in [2.24, 2.45) is 5.73 Å². The molecule has 0 spiro atoms. The first kappa shape index (κ1) is 9.36. The van der Waals surface area contributed by atoms with Crippen LogP contribution in [0.25, 0.3) is 10.6 Å². The molecule has 0 saturated heterocycles. The van der Waals surface area contributed by atoms with E-state index in [9.17, 15) is 0 Å². The van der Waals surface area contributed by atoms with E-state index in [1.54, 1.807) is 23.0 Å². The Balaban J connectivity index is 2.35. The van der Waals surface area contributed by atoms with Gasteiger partial charge in [0, 0.05) is 19.2 Å². The zero-order valence-electron chi connectivity index (χ0n) is 7.86. The van der Waals surface area contributed by atoms with E-state index in [0.717, 1.165) is 16.3 Å². The average molecular weight is 209 g/mol. The van der Waals surface area contributed by atoms with Gasteiger partial charge in [-0.25, -0.2) is 4.98 Å². The van der Waals surface area contributed by atoms with Crippen LogP contribution in [0.4, 0.5) is 0 Å². The highest BCUT2D eigenvalue weighted by Gasteiger charge is 2.11. The van der Waals surface area contributed by atoms with E-state index < -0.39 is 0 Å². The Morgan fingerprint density at radius 3 is 3.07 bits per heavy atom. The van der Waals surface area contributed by atoms with Crippen molar-refractivity contribution in [1.29, 1.82) is 0 Å². The predicted octanol–water partition coefficient (Wildman–Crippen LogP) is 1.61. The quantitative estimate of drug-likeness (QED) is 0.834. The van der Waals surface area contributed by atoms with E-state index in [0.29, 0.717) is 18.9 Å². The van der Waals surface area contributed by atoms with E-state index in [4.69, 9.17) is 10.2 Å². The lowest BCUT2D eigenvalue weighted by Crippen LogP contribution is -2.02. The van der Waals surface area contributed by atoms with E-state index in [-0.39, 0.29) is 0 Å². The maximum atomic E-state index is 5.58. The molecule has 0 saturated carbocycles. The molecule has 0 unspecified atom stereocenters. The van der Waals surface area contributed by atoms with E-state index in [1.165, 1.54) is 0 Å². The molecule has 5 heteroatoms. The minimum absolute atomic E-state index is 0.558. The van der Waals surface area contributed by atoms with Crippen LogP contribution < -0.4 is 5.73 Å². The van der Waals surface area contributed by atoms with Gasteiger partial charge in [0.15, 0.2) is 11.7 Å². The molecule has 2 heterocycles. The zero-order valence-corrected chi connectivity index (χ0v) is 8.67. The summed E-state index contributed by atoms with van der Waals surface area (Å²) in [5.41, 5.74) is 8.11. The van der Waals surface area contributed by atoms with E-state index in [1.807, 2.05) is 6.92 Å². The molecule has 0 fully saturated rings. The molecule has 4 nitrogen and oxygen atoms in total. The minimum atomic E-state index is 0.558. The number of nitrogens with two attached hydrogens (primary N) is 1. The number of oxazole rings is 1. The number of hydrogen-bond acceptors (Lipinski definition) is 5. The van der Waals surface area contributed by atoms with Crippen LogP contribution >= 0.6 is 11.3 Å². The molecule has 2 aromatic heterocycles. The van der Waals surface area contributed by atoms with E-state index >= 15 is 0 Å². The Morgan fingerprint density at radius 1 is 1.57 bits per heavy atom. The highest BCUT2D eigenvalue weighted by atomic mass is 32.1. The van der Waals surface area contributed by atoms with Gasteiger partial charge in [-0.3, -0.25) is 4.98 Å². The van der Waals surface area contributed by atoms with Crippen molar-refractivity contribution in [1.82, 2.24) is 9.97 Å². The minimum Gasteiger partial charge on any atom is -0.439 e. The van der Waals surface area contributed by atoms with E-state index in [2.05, 4.69) is 9.97 Å². The Labute approximate surface area is 85.8 Å². The Hall–Kier alpha value is -1.20. The molecule has 0 bridgehead atoms. The lowest BCUT2D eigenvalue weighted by molar-refractivity contribution is 0.508. The van der Waals surface area contributed by atoms with Gasteiger partial charge in [-0.2, -0.15) is 0 Å². The maximum absolute atomic E-state index is 5.58. The topological polar surface area (TPSA) is 64.9 Å². The first-order valence-corrected chi connectivity index (χ1v) is 5.24. The molecule has 2 aromatic rings. The smallest absolute Gasteiger partial charge is 0.196 e. The van der Waals surface area contributed by atoms with Gasteiger partial charge in [0.05, 0.1) is 16.1 Å². The van der Waals surface area contributed by atoms with Gasteiger partial charge < -0.3 is 10.2 Å². The molecule has 0 amide bonds. The largest absolute Gasteiger partial charge is 0.439 e. The third-order valence-corrected chi connectivity index (χ3v) is 2.63. The number of thiazole rings is 1. The SMILES string of the molecule is Cc1nc(CCN)oc1-c1cncs1. The summed E-state index contributed by atoms with van der Waals surface area (Å²) in [7, 11) is 0. The summed E-state index contributed by atoms with van der Waals surface area (Å²) in [6.45, 7) is 2.49. The second kappa shape index (κ2) is 3.89. The summed E-state index contributed by atoms with van der Waals surface area (Å²) in [5.74, 6) is 1.52. The molecule has 74 valence electrons. The number of hydrogen-bond donors (Lipinski definition) is 1. The van der Waals surface area contributed by atoms with Crippen LogP contribution in [0.15, 0.2) is 16.1 Å². The van der Waals surface area contributed by atoms with Crippen LogP contribution in [0, 0.1) is 6.92 Å². The second-order valence-electron chi connectivity index (χ2n) is 2.93. The fourth-order valence-corrected chi connectivity index (χ4v) is 1.89. The van der Waals surface area contributed by atoms with Crippen LogP contribution in [-0.4, -0.2) is 16.5 Å². The highest BCUT2D eigenvalue weighted by molar-refractivity contribution is 7.13. The predicted molar refractivity (Wildman–Crippen MR) is 55.1 cm³/mol. The zero-order chi connectivity index (χ0) is 9.97. The van der Waals surface area contributed by atoms with Gasteiger partial charge in [-0.1, -0.05) is 0 Å². The molecule has 0 radical (unpaired) electrons. The van der Waals surface area contributed by atoms with Crippen molar-refractivity contribution in [2.75, 3.05) is 6.54 Å². The van der Waals surface area contributed by atoms with Crippen LogP contribution in [0.1, 0.15) is 11.6 Å². The van der Waals surface area contributed by atoms with Crippen LogP contribution in [0.3, 0.4) is 0 Å². The lowest BCUT2D eigenvalue weighted by atomic mass is 10.3. The average Bonchev–Trinajstić information content (AvgIpc) is 2.74. The fraction of sp³-hybridized carbons (Fsp3) is 0.333. The molecule has 0 aliphatic rings. The molecule has 0 aliphatic heterocycles. The second-order valence-corrected chi connectivity index (χ2v) is 3.81. The number of aryl methyl sites for hydroxylation is 1. The van der Waals surface area contributed by atoms with Crippen molar-refractivity contribution in [3.8, 4) is 10.6 Å². The first-order chi connectivity index (χ1) is 6.81. The van der Waals surface area contributed by atoms with Crippen LogP contribution in [0.5, 0.6) is 0 Å². The fourth-order valence-electron chi connectivity index (χ4n) is 1.24. The highest BCUT2D eigenvalue weighted by Crippen LogP contribution is 2.27. The number of rotatable bonds is 3. The summed E-state index contributed by atoms with van der Waals surface area (Å²) in [6.07, 6.45) is 2.46. The molecule has 14 heavy (non-hydrogen) atoms. The Bertz CT molecular complexity index is 408. The lowest BCUT2D eigenvalue weighted by Gasteiger charge is -1.89. The standard InChI is InChI=1S/C9H11N3OS/c1-6-9(7-4-11-5-14-7)13-8(12-6)2-3-10/h4-5H,2-3,10H2,1H3. The van der Waals surface area contributed by atoms with Crippen molar-refractivity contribution < 1.29 is 4.42 Å². The van der Waals surface area contributed by atoms with Crippen molar-refractivity contribution >= 4 is 11.3 Å². The summed E-state index contributed by atoms with van der Waals surface area (Å²) < 4.78 is 5.58. The van der Waals surface area contributed by atoms with Crippen LogP contribution in [-0.2, 0) is 6.42 Å². The maximum Gasteiger partial charge on any atom is 0.196 e. The summed E-state index contributed by atoms with van der Waals surface area (Å²) in [5, 5.41) is 0. The van der Waals surface area contributed by atoms with Gasteiger partial charge >= 0.3 is 0 Å². The molecule has 0 aromatic carbocycles. The number of nitrogens with zero attached hydrogens (tertiary/aromatic N) is 2. The monoisotopic (exact) mass is 209 g/mol. The molecular weight excluding hydrogens is 198 g/mol. The third kappa shape index (κ3) is 1.69. The summed E-state index contributed by atoms with van der Waals surface area (Å²) in [6, 6.07) is 0. The van der Waals surface area contributed by atoms with Gasteiger partial charge in [-0.15, -0.1) is 11.3 Å². The molecule has 0 aliphatic carbocycles. The van der Waals surface area contributed by atoms with Gasteiger partial charge in [0.2, 0.25) is 0 Å². The summed E-state index contributed by atoms with van der Waals surface area (Å²) >= 11 is 1.55. The van der Waals surface area contributed by atoms with Crippen LogP contribution in [0.2, 0.25) is 0 Å². The molecule has 2 rings (SSSR count).